The molecule has 3 rings (SSSR count). The molecule has 0 aliphatic heterocycles. The first-order valence-corrected chi connectivity index (χ1v) is 13.6. The van der Waals surface area contributed by atoms with Crippen molar-refractivity contribution in [1.29, 1.82) is 0 Å². The molecule has 5 unspecified atom stereocenters. The Labute approximate surface area is 200 Å². The molecule has 0 amide bonds. The number of methoxy groups -OCH3 is 1. The Morgan fingerprint density at radius 1 is 1.24 bits per heavy atom. The minimum atomic E-state index is -0.307. The van der Waals surface area contributed by atoms with E-state index in [9.17, 15) is 9.90 Å². The predicted molar refractivity (Wildman–Crippen MR) is 132 cm³/mol. The van der Waals surface area contributed by atoms with Crippen LogP contribution in [0.2, 0.25) is 0 Å². The molecule has 7 heteroatoms. The van der Waals surface area contributed by atoms with Crippen LogP contribution >= 0.6 is 8.58 Å². The molecule has 1 saturated carbocycles. The number of carbonyl (C=O) groups excluding carboxylic acids is 2. The van der Waals surface area contributed by atoms with Gasteiger partial charge in [0, 0.05) is 0 Å². The number of carbonyl (C=O) groups is 2. The van der Waals surface area contributed by atoms with Gasteiger partial charge in [-0.15, -0.1) is 8.58 Å². The monoisotopic (exact) mass is 480 g/mol. The van der Waals surface area contributed by atoms with Crippen molar-refractivity contribution in [2.24, 2.45) is 11.8 Å². The van der Waals surface area contributed by atoms with Gasteiger partial charge in [-0.2, -0.15) is 0 Å². The first-order valence-electron chi connectivity index (χ1n) is 12.3. The van der Waals surface area contributed by atoms with Crippen LogP contribution in [0.4, 0.5) is 0 Å². The number of aliphatic hydroxyl groups excluding tert-OH is 1. The highest BCUT2D eigenvalue weighted by molar-refractivity contribution is 7.39. The van der Waals surface area contributed by atoms with Crippen LogP contribution in [0.3, 0.4) is 0 Å². The molecule has 0 spiro atoms. The summed E-state index contributed by atoms with van der Waals surface area (Å²) in [6.07, 6.45) is 10.2. The quantitative estimate of drug-likeness (QED) is 0.205. The second kappa shape index (κ2) is 15.3. The van der Waals surface area contributed by atoms with Gasteiger partial charge in [0.05, 0.1) is 19.8 Å². The van der Waals surface area contributed by atoms with Crippen LogP contribution in [-0.2, 0) is 31.9 Å². The molecular formula is C26H41O6P. The molecule has 1 aromatic rings. The molecule has 1 aromatic carbocycles. The third-order valence-corrected chi connectivity index (χ3v) is 8.57. The summed E-state index contributed by atoms with van der Waals surface area (Å²) in [7, 11) is 2.19. The van der Waals surface area contributed by atoms with E-state index in [2.05, 4.69) is 17.7 Å². The highest BCUT2D eigenvalue weighted by Gasteiger charge is 2.40. The van der Waals surface area contributed by atoms with Gasteiger partial charge >= 0.3 is 5.97 Å². The summed E-state index contributed by atoms with van der Waals surface area (Å²) >= 11 is 0. The van der Waals surface area contributed by atoms with Crippen molar-refractivity contribution in [3.63, 3.8) is 0 Å². The van der Waals surface area contributed by atoms with E-state index >= 15 is 0 Å². The van der Waals surface area contributed by atoms with Crippen molar-refractivity contribution in [2.45, 2.75) is 77.0 Å². The van der Waals surface area contributed by atoms with Gasteiger partial charge in [-0.1, -0.05) is 38.3 Å². The van der Waals surface area contributed by atoms with Crippen LogP contribution in [0, 0.1) is 11.8 Å². The Kier molecular flexibility index (Phi) is 12.8. The van der Waals surface area contributed by atoms with Crippen LogP contribution in [0.5, 0.6) is 5.75 Å². The zero-order chi connectivity index (χ0) is 24.1. The van der Waals surface area contributed by atoms with Gasteiger partial charge in [-0.05, 0) is 79.9 Å². The van der Waals surface area contributed by atoms with Crippen LogP contribution in [0.25, 0.3) is 0 Å². The van der Waals surface area contributed by atoms with Crippen LogP contribution in [0.15, 0.2) is 18.2 Å². The number of benzene rings is 1. The lowest BCUT2D eigenvalue weighted by atomic mass is 9.77. The molecule has 0 heterocycles. The molecular weight excluding hydrogens is 439 g/mol. The minimum absolute atomic E-state index is 0.0156. The van der Waals surface area contributed by atoms with E-state index in [-0.39, 0.29) is 18.7 Å². The van der Waals surface area contributed by atoms with Crippen molar-refractivity contribution in [3.8, 4) is 5.75 Å². The average Bonchev–Trinajstić information content (AvgIpc) is 3.22. The van der Waals surface area contributed by atoms with E-state index < -0.39 is 0 Å². The number of rotatable bonds is 12. The number of fused-ring (bicyclic) bond motifs is 2. The SMILES string of the molecule is CCCCCC(O)CPC1CCC2Cc3c(cccc3OCC(=O)OCC)CC21.COC=O. The Morgan fingerprint density at radius 2 is 2.03 bits per heavy atom. The van der Waals surface area contributed by atoms with E-state index in [1.54, 1.807) is 0 Å². The summed E-state index contributed by atoms with van der Waals surface area (Å²) in [5.41, 5.74) is 3.44. The lowest BCUT2D eigenvalue weighted by Gasteiger charge is -2.32. The fourth-order valence-electron chi connectivity index (χ4n) is 5.01. The van der Waals surface area contributed by atoms with Crippen molar-refractivity contribution in [2.75, 3.05) is 26.5 Å². The molecule has 2 aliphatic rings. The maximum Gasteiger partial charge on any atom is 0.344 e. The standard InChI is InChI=1S/C24H37O4P.C2H4O2/c1-3-5-6-9-19(25)16-29-23-12-11-18-13-20-17(14-21(18)23)8-7-10-22(20)28-15-24(26)27-4-2;1-4-2-3/h7-8,10,18-19,21,23,25,29H,3-6,9,11-16H2,1-2H3;2H,1H3. The second-order valence-corrected chi connectivity index (χ2v) is 10.5. The first-order chi connectivity index (χ1) is 16.0. The zero-order valence-electron chi connectivity index (χ0n) is 20.4. The third kappa shape index (κ3) is 8.90. The number of hydrogen-bond donors (Lipinski definition) is 1. The summed E-state index contributed by atoms with van der Waals surface area (Å²) < 4.78 is 14.7. The van der Waals surface area contributed by atoms with Gasteiger partial charge in [0.2, 0.25) is 0 Å². The van der Waals surface area contributed by atoms with Gasteiger partial charge < -0.3 is 19.3 Å². The molecule has 33 heavy (non-hydrogen) atoms. The fourth-order valence-corrected chi connectivity index (χ4v) is 6.85. The maximum atomic E-state index is 11.7. The van der Waals surface area contributed by atoms with Crippen LogP contribution < -0.4 is 4.74 Å². The van der Waals surface area contributed by atoms with Gasteiger partial charge in [0.25, 0.3) is 6.47 Å². The number of ether oxygens (including phenoxy) is 3. The van der Waals surface area contributed by atoms with Crippen molar-refractivity contribution < 1.29 is 28.9 Å². The number of unbranched alkanes of at least 4 members (excludes halogenated alkanes) is 2. The molecule has 6 nitrogen and oxygen atoms in total. The summed E-state index contributed by atoms with van der Waals surface area (Å²) in [6.45, 7) is 4.76. The molecule has 5 atom stereocenters. The van der Waals surface area contributed by atoms with Gasteiger partial charge in [-0.3, -0.25) is 4.79 Å². The van der Waals surface area contributed by atoms with E-state index in [1.807, 2.05) is 19.1 Å². The molecule has 1 N–H and O–H groups in total. The number of hydrogen-bond acceptors (Lipinski definition) is 6. The summed E-state index contributed by atoms with van der Waals surface area (Å²) in [6, 6.07) is 6.25. The van der Waals surface area contributed by atoms with Gasteiger partial charge in [-0.25, -0.2) is 4.79 Å². The van der Waals surface area contributed by atoms with Crippen molar-refractivity contribution in [1.82, 2.24) is 0 Å². The number of esters is 1. The molecule has 186 valence electrons. The normalized spacial score (nSPS) is 22.0. The Balaban J connectivity index is 0.000000890. The van der Waals surface area contributed by atoms with Crippen LogP contribution in [0.1, 0.15) is 63.5 Å². The molecule has 0 radical (unpaired) electrons. The summed E-state index contributed by atoms with van der Waals surface area (Å²) in [5, 5.41) is 10.3. The smallest absolute Gasteiger partial charge is 0.344 e. The van der Waals surface area contributed by atoms with Crippen molar-refractivity contribution in [3.05, 3.63) is 29.3 Å². The van der Waals surface area contributed by atoms with Crippen LogP contribution in [-0.4, -0.2) is 55.8 Å². The fraction of sp³-hybridized carbons (Fsp3) is 0.692. The Hall–Kier alpha value is -1.65. The third-order valence-electron chi connectivity index (χ3n) is 6.63. The largest absolute Gasteiger partial charge is 0.482 e. The Morgan fingerprint density at radius 3 is 2.73 bits per heavy atom. The molecule has 0 bridgehead atoms. The first kappa shape index (κ1) is 27.6. The maximum absolute atomic E-state index is 11.7. The topological polar surface area (TPSA) is 82.1 Å². The van der Waals surface area contributed by atoms with E-state index in [0.29, 0.717) is 19.0 Å². The summed E-state index contributed by atoms with van der Waals surface area (Å²) in [4.78, 5) is 20.6. The zero-order valence-corrected chi connectivity index (χ0v) is 21.4. The lowest BCUT2D eigenvalue weighted by molar-refractivity contribution is -0.145. The number of aliphatic hydroxyl groups is 1. The lowest BCUT2D eigenvalue weighted by Crippen LogP contribution is -2.27. The minimum Gasteiger partial charge on any atom is -0.482 e. The molecule has 0 aromatic heterocycles. The van der Waals surface area contributed by atoms with Gasteiger partial charge in [0.15, 0.2) is 6.61 Å². The van der Waals surface area contributed by atoms with Gasteiger partial charge in [0.1, 0.15) is 5.75 Å². The second-order valence-electron chi connectivity index (χ2n) is 8.89. The van der Waals surface area contributed by atoms with E-state index in [4.69, 9.17) is 14.3 Å². The predicted octanol–water partition coefficient (Wildman–Crippen LogP) is 4.53. The van der Waals surface area contributed by atoms with Crippen molar-refractivity contribution >= 4 is 21.0 Å². The average molecular weight is 481 g/mol. The molecule has 0 saturated heterocycles. The molecule has 1 fully saturated rings. The van der Waals surface area contributed by atoms with E-state index in [1.165, 1.54) is 43.9 Å². The molecule has 2 aliphatic carbocycles. The Bertz CT molecular complexity index is 725. The van der Waals surface area contributed by atoms with E-state index in [0.717, 1.165) is 57.8 Å². The summed E-state index contributed by atoms with van der Waals surface area (Å²) in [5.74, 6) is 2.00. The highest BCUT2D eigenvalue weighted by atomic mass is 31.1. The highest BCUT2D eigenvalue weighted by Crippen LogP contribution is 2.49.